The van der Waals surface area contributed by atoms with Crippen molar-refractivity contribution >= 4 is 0 Å². The van der Waals surface area contributed by atoms with E-state index in [1.165, 1.54) is 12.8 Å². The SMILES string of the molecule is CC1CN(CCCCCN)CC(CO)O1. The second-order valence-corrected chi connectivity index (χ2v) is 4.36. The largest absolute Gasteiger partial charge is 0.394 e. The summed E-state index contributed by atoms with van der Waals surface area (Å²) in [4.78, 5) is 2.38. The lowest BCUT2D eigenvalue weighted by Crippen LogP contribution is -2.48. The zero-order valence-electron chi connectivity index (χ0n) is 9.69. The Balaban J connectivity index is 2.16. The van der Waals surface area contributed by atoms with Gasteiger partial charge in [0.1, 0.15) is 0 Å². The molecule has 0 aromatic carbocycles. The van der Waals surface area contributed by atoms with Gasteiger partial charge in [0.05, 0.1) is 18.8 Å². The number of ether oxygens (including phenoxy) is 1. The number of hydrogen-bond acceptors (Lipinski definition) is 4. The molecule has 0 saturated carbocycles. The molecule has 1 fully saturated rings. The number of nitrogens with zero attached hydrogens (tertiary/aromatic N) is 1. The molecule has 0 radical (unpaired) electrons. The fraction of sp³-hybridized carbons (Fsp3) is 1.00. The van der Waals surface area contributed by atoms with E-state index in [2.05, 4.69) is 11.8 Å². The Morgan fingerprint density at radius 1 is 1.33 bits per heavy atom. The summed E-state index contributed by atoms with van der Waals surface area (Å²) in [5.74, 6) is 0. The number of aliphatic hydroxyl groups excluding tert-OH is 1. The van der Waals surface area contributed by atoms with Crippen molar-refractivity contribution in [3.8, 4) is 0 Å². The summed E-state index contributed by atoms with van der Waals surface area (Å²) in [6.45, 7) is 5.93. The third-order valence-corrected chi connectivity index (χ3v) is 2.78. The second kappa shape index (κ2) is 7.17. The van der Waals surface area contributed by atoms with E-state index in [0.29, 0.717) is 0 Å². The van der Waals surface area contributed by atoms with Crippen LogP contribution in [-0.2, 0) is 4.74 Å². The third-order valence-electron chi connectivity index (χ3n) is 2.78. The molecule has 4 heteroatoms. The van der Waals surface area contributed by atoms with E-state index < -0.39 is 0 Å². The standard InChI is InChI=1S/C11H24N2O2/c1-10-7-13(6-4-2-3-5-12)8-11(9-14)15-10/h10-11,14H,2-9,12H2,1H3. The smallest absolute Gasteiger partial charge is 0.0936 e. The molecule has 0 bridgehead atoms. The maximum Gasteiger partial charge on any atom is 0.0936 e. The summed E-state index contributed by atoms with van der Waals surface area (Å²) in [5, 5.41) is 9.07. The van der Waals surface area contributed by atoms with Crippen LogP contribution in [0.1, 0.15) is 26.2 Å². The highest BCUT2D eigenvalue weighted by Crippen LogP contribution is 2.11. The highest BCUT2D eigenvalue weighted by Gasteiger charge is 2.23. The predicted octanol–water partition coefficient (Wildman–Crippen LogP) is 0.197. The quantitative estimate of drug-likeness (QED) is 0.623. The minimum Gasteiger partial charge on any atom is -0.394 e. The summed E-state index contributed by atoms with van der Waals surface area (Å²) >= 11 is 0. The molecule has 1 saturated heterocycles. The Bertz CT molecular complexity index is 167. The molecule has 0 amide bonds. The van der Waals surface area contributed by atoms with Crippen molar-refractivity contribution in [3.05, 3.63) is 0 Å². The second-order valence-electron chi connectivity index (χ2n) is 4.36. The van der Waals surface area contributed by atoms with Crippen LogP contribution in [0.3, 0.4) is 0 Å². The van der Waals surface area contributed by atoms with Gasteiger partial charge in [-0.2, -0.15) is 0 Å². The van der Waals surface area contributed by atoms with Crippen LogP contribution in [0.2, 0.25) is 0 Å². The highest BCUT2D eigenvalue weighted by molar-refractivity contribution is 4.75. The van der Waals surface area contributed by atoms with Crippen LogP contribution in [-0.4, -0.2) is 55.0 Å². The van der Waals surface area contributed by atoms with E-state index in [-0.39, 0.29) is 18.8 Å². The van der Waals surface area contributed by atoms with Gasteiger partial charge in [-0.05, 0) is 32.9 Å². The molecule has 90 valence electrons. The van der Waals surface area contributed by atoms with Crippen molar-refractivity contribution < 1.29 is 9.84 Å². The fourth-order valence-electron chi connectivity index (χ4n) is 2.08. The van der Waals surface area contributed by atoms with Gasteiger partial charge < -0.3 is 15.6 Å². The van der Waals surface area contributed by atoms with Crippen molar-refractivity contribution in [1.29, 1.82) is 0 Å². The summed E-state index contributed by atoms with van der Waals surface area (Å²) in [7, 11) is 0. The Morgan fingerprint density at radius 3 is 2.80 bits per heavy atom. The zero-order chi connectivity index (χ0) is 11.1. The molecule has 2 atom stereocenters. The Morgan fingerprint density at radius 2 is 2.13 bits per heavy atom. The zero-order valence-corrected chi connectivity index (χ0v) is 9.69. The maximum atomic E-state index is 9.07. The van der Waals surface area contributed by atoms with Crippen LogP contribution in [0.4, 0.5) is 0 Å². The minimum absolute atomic E-state index is 0.00302. The average molecular weight is 216 g/mol. The van der Waals surface area contributed by atoms with Crippen molar-refractivity contribution in [3.63, 3.8) is 0 Å². The molecule has 4 nitrogen and oxygen atoms in total. The monoisotopic (exact) mass is 216 g/mol. The van der Waals surface area contributed by atoms with Gasteiger partial charge in [0.15, 0.2) is 0 Å². The third kappa shape index (κ3) is 4.93. The first-order valence-electron chi connectivity index (χ1n) is 5.95. The van der Waals surface area contributed by atoms with Crippen molar-refractivity contribution in [2.75, 3.05) is 32.8 Å². The molecule has 2 unspecified atom stereocenters. The number of hydrogen-bond donors (Lipinski definition) is 2. The normalized spacial score (nSPS) is 28.2. The first-order valence-corrected chi connectivity index (χ1v) is 5.95. The van der Waals surface area contributed by atoms with Gasteiger partial charge in [-0.15, -0.1) is 0 Å². The molecule has 0 aromatic rings. The van der Waals surface area contributed by atoms with E-state index in [1.54, 1.807) is 0 Å². The lowest BCUT2D eigenvalue weighted by atomic mass is 10.2. The molecular formula is C11H24N2O2. The van der Waals surface area contributed by atoms with Crippen LogP contribution in [0, 0.1) is 0 Å². The lowest BCUT2D eigenvalue weighted by Gasteiger charge is -2.36. The molecule has 0 spiro atoms. The Labute approximate surface area is 92.4 Å². The number of unbranched alkanes of at least 4 members (excludes halogenated alkanes) is 2. The molecule has 1 rings (SSSR count). The molecule has 1 heterocycles. The molecule has 15 heavy (non-hydrogen) atoms. The molecule has 0 aliphatic carbocycles. The van der Waals surface area contributed by atoms with E-state index in [0.717, 1.165) is 32.6 Å². The number of morpholine rings is 1. The van der Waals surface area contributed by atoms with Gasteiger partial charge in [-0.3, -0.25) is 4.90 Å². The first kappa shape index (κ1) is 12.9. The Hall–Kier alpha value is -0.160. The van der Waals surface area contributed by atoms with E-state index in [9.17, 15) is 0 Å². The number of rotatable bonds is 6. The maximum absolute atomic E-state index is 9.07. The van der Waals surface area contributed by atoms with Gasteiger partial charge >= 0.3 is 0 Å². The number of aliphatic hydroxyl groups is 1. The first-order chi connectivity index (χ1) is 7.26. The van der Waals surface area contributed by atoms with Crippen molar-refractivity contribution in [1.82, 2.24) is 4.90 Å². The van der Waals surface area contributed by atoms with E-state index in [1.807, 2.05) is 0 Å². The summed E-state index contributed by atoms with van der Waals surface area (Å²) in [5.41, 5.74) is 5.45. The Kier molecular flexibility index (Phi) is 6.17. The van der Waals surface area contributed by atoms with Gasteiger partial charge in [-0.25, -0.2) is 0 Å². The van der Waals surface area contributed by atoms with Gasteiger partial charge in [-0.1, -0.05) is 6.42 Å². The summed E-state index contributed by atoms with van der Waals surface area (Å²) < 4.78 is 5.58. The summed E-state index contributed by atoms with van der Waals surface area (Å²) in [6, 6.07) is 0. The lowest BCUT2D eigenvalue weighted by molar-refractivity contribution is -0.0952. The number of nitrogens with two attached hydrogens (primary N) is 1. The van der Waals surface area contributed by atoms with Crippen LogP contribution in [0.15, 0.2) is 0 Å². The van der Waals surface area contributed by atoms with Crippen LogP contribution in [0.5, 0.6) is 0 Å². The molecule has 1 aliphatic rings. The average Bonchev–Trinajstić information content (AvgIpc) is 2.23. The minimum atomic E-state index is 0.00302. The topological polar surface area (TPSA) is 58.7 Å². The predicted molar refractivity (Wildman–Crippen MR) is 60.8 cm³/mol. The van der Waals surface area contributed by atoms with E-state index >= 15 is 0 Å². The molecule has 3 N–H and O–H groups in total. The summed E-state index contributed by atoms with van der Waals surface area (Å²) in [6.07, 6.45) is 3.76. The van der Waals surface area contributed by atoms with Gasteiger partial charge in [0.25, 0.3) is 0 Å². The van der Waals surface area contributed by atoms with Crippen molar-refractivity contribution in [2.24, 2.45) is 5.73 Å². The van der Waals surface area contributed by atoms with Gasteiger partial charge in [0, 0.05) is 13.1 Å². The van der Waals surface area contributed by atoms with E-state index in [4.69, 9.17) is 15.6 Å². The molecule has 1 aliphatic heterocycles. The molecular weight excluding hydrogens is 192 g/mol. The highest BCUT2D eigenvalue weighted by atomic mass is 16.5. The van der Waals surface area contributed by atoms with Gasteiger partial charge in [0.2, 0.25) is 0 Å². The van der Waals surface area contributed by atoms with Crippen LogP contribution >= 0.6 is 0 Å². The van der Waals surface area contributed by atoms with Crippen LogP contribution in [0.25, 0.3) is 0 Å². The fourth-order valence-corrected chi connectivity index (χ4v) is 2.08. The molecule has 0 aromatic heterocycles. The van der Waals surface area contributed by atoms with Crippen LogP contribution < -0.4 is 5.73 Å². The van der Waals surface area contributed by atoms with Crippen molar-refractivity contribution in [2.45, 2.75) is 38.4 Å².